The van der Waals surface area contributed by atoms with Crippen molar-refractivity contribution in [3.8, 4) is 5.69 Å². The lowest BCUT2D eigenvalue weighted by Crippen LogP contribution is -2.23. The Bertz CT molecular complexity index is 1130. The van der Waals surface area contributed by atoms with Crippen LogP contribution in [0.5, 0.6) is 0 Å². The summed E-state index contributed by atoms with van der Waals surface area (Å²) in [5.74, 6) is 0.0879. The zero-order valence-corrected chi connectivity index (χ0v) is 13.1. The van der Waals surface area contributed by atoms with Crippen LogP contribution in [0.15, 0.2) is 51.9 Å². The summed E-state index contributed by atoms with van der Waals surface area (Å²) in [7, 11) is 0. The van der Waals surface area contributed by atoms with E-state index in [0.29, 0.717) is 37.6 Å². The van der Waals surface area contributed by atoms with E-state index in [4.69, 9.17) is 33.4 Å². The molecule has 2 aromatic heterocycles. The lowest BCUT2D eigenvalue weighted by Gasteiger charge is -2.13. The van der Waals surface area contributed by atoms with Gasteiger partial charge < -0.3 is 10.2 Å². The molecule has 0 saturated carbocycles. The average Bonchev–Trinajstić information content (AvgIpc) is 2.98. The second-order valence-electron chi connectivity index (χ2n) is 4.98. The Hall–Kier alpha value is -2.50. The normalized spacial score (nSPS) is 11.4. The Morgan fingerprint density at radius 1 is 1.13 bits per heavy atom. The van der Waals surface area contributed by atoms with Gasteiger partial charge in [-0.15, -0.1) is 0 Å². The topological polar surface area (TPSA) is 74.0 Å². The summed E-state index contributed by atoms with van der Waals surface area (Å²) in [6.45, 7) is 0. The Morgan fingerprint density at radius 3 is 2.70 bits per heavy atom. The van der Waals surface area contributed by atoms with E-state index in [9.17, 15) is 4.79 Å². The monoisotopic (exact) mass is 345 g/mol. The number of rotatable bonds is 1. The van der Waals surface area contributed by atoms with Crippen LogP contribution in [0.3, 0.4) is 0 Å². The summed E-state index contributed by atoms with van der Waals surface area (Å²) in [5.41, 5.74) is 6.89. The molecule has 0 amide bonds. The highest BCUT2D eigenvalue weighted by molar-refractivity contribution is 6.37. The maximum atomic E-state index is 12.4. The van der Waals surface area contributed by atoms with E-state index < -0.39 is 5.69 Å². The van der Waals surface area contributed by atoms with Crippen molar-refractivity contribution in [1.82, 2.24) is 9.55 Å². The number of anilines is 1. The molecule has 0 aliphatic carbocycles. The van der Waals surface area contributed by atoms with Crippen molar-refractivity contribution in [1.29, 1.82) is 0 Å². The molecule has 0 spiro atoms. The molecule has 0 aliphatic heterocycles. The first-order valence-corrected chi connectivity index (χ1v) is 7.46. The zero-order valence-electron chi connectivity index (χ0n) is 11.6. The number of benzene rings is 2. The maximum absolute atomic E-state index is 12.4. The van der Waals surface area contributed by atoms with Gasteiger partial charge in [0.1, 0.15) is 11.4 Å². The Kier molecular flexibility index (Phi) is 3.07. The van der Waals surface area contributed by atoms with E-state index in [1.54, 1.807) is 36.4 Å². The van der Waals surface area contributed by atoms with Gasteiger partial charge in [0.05, 0.1) is 32.9 Å². The Labute approximate surface area is 139 Å². The van der Waals surface area contributed by atoms with Gasteiger partial charge >= 0.3 is 5.69 Å². The molecule has 4 rings (SSSR count). The van der Waals surface area contributed by atoms with Gasteiger partial charge in [0, 0.05) is 5.39 Å². The second kappa shape index (κ2) is 5.01. The largest absolute Gasteiger partial charge is 0.463 e. The SMILES string of the molecule is Nc1nc(=O)n(-c2ccccc2Cl)c2cc(Cl)c3ccoc3c12. The molecule has 0 radical (unpaired) electrons. The van der Waals surface area contributed by atoms with Crippen molar-refractivity contribution in [3.05, 3.63) is 63.2 Å². The van der Waals surface area contributed by atoms with Crippen molar-refractivity contribution < 1.29 is 4.42 Å². The highest BCUT2D eigenvalue weighted by Gasteiger charge is 2.18. The molecule has 4 aromatic rings. The lowest BCUT2D eigenvalue weighted by atomic mass is 10.1. The quantitative estimate of drug-likeness (QED) is 0.565. The number of furan rings is 1. The Morgan fingerprint density at radius 2 is 1.91 bits per heavy atom. The number of para-hydroxylation sites is 1. The standard InChI is InChI=1S/C16H9Cl2N3O2/c17-9-3-1-2-4-11(9)21-12-7-10(18)8-5-6-23-14(8)13(12)15(19)20-16(21)22/h1-7H,(H2,19,20,22). The minimum absolute atomic E-state index is 0.0879. The molecule has 2 heterocycles. The first-order valence-electron chi connectivity index (χ1n) is 6.71. The van der Waals surface area contributed by atoms with Crippen molar-refractivity contribution in [2.24, 2.45) is 0 Å². The molecule has 0 aliphatic rings. The maximum Gasteiger partial charge on any atom is 0.354 e. The first kappa shape index (κ1) is 14.1. The van der Waals surface area contributed by atoms with Gasteiger partial charge in [0.25, 0.3) is 0 Å². The van der Waals surface area contributed by atoms with Gasteiger partial charge in [0.15, 0.2) is 0 Å². The number of aromatic nitrogens is 2. The molecule has 0 atom stereocenters. The van der Waals surface area contributed by atoms with E-state index in [0.717, 1.165) is 0 Å². The van der Waals surface area contributed by atoms with Gasteiger partial charge in [0.2, 0.25) is 0 Å². The third-order valence-corrected chi connectivity index (χ3v) is 4.30. The van der Waals surface area contributed by atoms with Crippen LogP contribution in [0, 0.1) is 0 Å². The van der Waals surface area contributed by atoms with Crippen LogP contribution >= 0.6 is 23.2 Å². The molecular weight excluding hydrogens is 337 g/mol. The molecule has 7 heteroatoms. The minimum atomic E-state index is -0.537. The van der Waals surface area contributed by atoms with E-state index in [1.165, 1.54) is 10.8 Å². The van der Waals surface area contributed by atoms with E-state index >= 15 is 0 Å². The van der Waals surface area contributed by atoms with Gasteiger partial charge in [-0.2, -0.15) is 4.98 Å². The fraction of sp³-hybridized carbons (Fsp3) is 0. The van der Waals surface area contributed by atoms with Gasteiger partial charge in [-0.3, -0.25) is 4.57 Å². The number of halogens is 2. The van der Waals surface area contributed by atoms with Crippen LogP contribution in [0.2, 0.25) is 10.0 Å². The predicted octanol–water partition coefficient (Wildman–Crippen LogP) is 4.02. The molecule has 114 valence electrons. The number of hydrogen-bond acceptors (Lipinski definition) is 4. The smallest absolute Gasteiger partial charge is 0.354 e. The molecule has 2 aromatic carbocycles. The van der Waals surface area contributed by atoms with Gasteiger partial charge in [-0.1, -0.05) is 35.3 Å². The summed E-state index contributed by atoms with van der Waals surface area (Å²) < 4.78 is 6.88. The molecular formula is C16H9Cl2N3O2. The fourth-order valence-corrected chi connectivity index (χ4v) is 3.15. The molecule has 5 nitrogen and oxygen atoms in total. The third-order valence-electron chi connectivity index (χ3n) is 3.67. The van der Waals surface area contributed by atoms with Gasteiger partial charge in [-0.05, 0) is 24.3 Å². The summed E-state index contributed by atoms with van der Waals surface area (Å²) in [6.07, 6.45) is 1.51. The van der Waals surface area contributed by atoms with Crippen LogP contribution in [0.25, 0.3) is 27.6 Å². The third kappa shape index (κ3) is 2.01. The van der Waals surface area contributed by atoms with Crippen LogP contribution < -0.4 is 11.4 Å². The van der Waals surface area contributed by atoms with E-state index in [1.807, 2.05) is 0 Å². The zero-order chi connectivity index (χ0) is 16.1. The van der Waals surface area contributed by atoms with E-state index in [-0.39, 0.29) is 5.82 Å². The van der Waals surface area contributed by atoms with Crippen LogP contribution in [-0.2, 0) is 0 Å². The van der Waals surface area contributed by atoms with Crippen molar-refractivity contribution in [3.63, 3.8) is 0 Å². The Balaban J connectivity index is 2.28. The minimum Gasteiger partial charge on any atom is -0.463 e. The van der Waals surface area contributed by atoms with Crippen molar-refractivity contribution in [2.45, 2.75) is 0 Å². The molecule has 2 N–H and O–H groups in total. The molecule has 23 heavy (non-hydrogen) atoms. The molecule has 0 bridgehead atoms. The lowest BCUT2D eigenvalue weighted by molar-refractivity contribution is 0.619. The summed E-state index contributed by atoms with van der Waals surface area (Å²) >= 11 is 12.5. The molecule has 0 fully saturated rings. The first-order chi connectivity index (χ1) is 11.1. The summed E-state index contributed by atoms with van der Waals surface area (Å²) in [5, 5.41) is 2.09. The fourth-order valence-electron chi connectivity index (χ4n) is 2.68. The number of nitrogens with zero attached hydrogens (tertiary/aromatic N) is 2. The van der Waals surface area contributed by atoms with Crippen molar-refractivity contribution in [2.75, 3.05) is 5.73 Å². The number of nitrogens with two attached hydrogens (primary N) is 1. The highest BCUT2D eigenvalue weighted by Crippen LogP contribution is 2.35. The van der Waals surface area contributed by atoms with Crippen LogP contribution in [0.1, 0.15) is 0 Å². The summed E-state index contributed by atoms with van der Waals surface area (Å²) in [6, 6.07) is 10.4. The molecule has 0 saturated heterocycles. The average molecular weight is 346 g/mol. The van der Waals surface area contributed by atoms with Crippen molar-refractivity contribution >= 4 is 50.9 Å². The number of hydrogen-bond donors (Lipinski definition) is 1. The number of fused-ring (bicyclic) bond motifs is 3. The predicted molar refractivity (Wildman–Crippen MR) is 91.5 cm³/mol. The van der Waals surface area contributed by atoms with E-state index in [2.05, 4.69) is 4.98 Å². The molecule has 0 unspecified atom stereocenters. The second-order valence-corrected chi connectivity index (χ2v) is 5.80. The van der Waals surface area contributed by atoms with Crippen LogP contribution in [-0.4, -0.2) is 9.55 Å². The summed E-state index contributed by atoms with van der Waals surface area (Å²) in [4.78, 5) is 16.3. The highest BCUT2D eigenvalue weighted by atomic mass is 35.5. The van der Waals surface area contributed by atoms with Crippen LogP contribution in [0.4, 0.5) is 5.82 Å². The number of nitrogen functional groups attached to an aromatic ring is 1. The van der Waals surface area contributed by atoms with Gasteiger partial charge in [-0.25, -0.2) is 4.79 Å².